The van der Waals surface area contributed by atoms with Crippen molar-refractivity contribution >= 4 is 5.57 Å². The highest BCUT2D eigenvalue weighted by atomic mass is 15.3. The first-order valence-electron chi connectivity index (χ1n) is 4.94. The Labute approximate surface area is 83.8 Å². The van der Waals surface area contributed by atoms with Crippen LogP contribution in [0.5, 0.6) is 0 Å². The first-order valence-corrected chi connectivity index (χ1v) is 4.94. The number of nitrogens with zero attached hydrogens (tertiary/aromatic N) is 2. The number of nitrogens with one attached hydrogen (secondary N) is 1. The molecule has 0 aromatic carbocycles. The van der Waals surface area contributed by atoms with E-state index in [0.717, 1.165) is 30.8 Å². The van der Waals surface area contributed by atoms with E-state index in [0.29, 0.717) is 6.54 Å². The predicted octanol–water partition coefficient (Wildman–Crippen LogP) is 0.255. The minimum absolute atomic E-state index is 0.563. The van der Waals surface area contributed by atoms with Crippen molar-refractivity contribution in [3.8, 4) is 0 Å². The van der Waals surface area contributed by atoms with E-state index >= 15 is 0 Å². The lowest BCUT2D eigenvalue weighted by Crippen LogP contribution is -2.20. The van der Waals surface area contributed by atoms with Crippen molar-refractivity contribution in [2.75, 3.05) is 13.1 Å². The van der Waals surface area contributed by atoms with Crippen molar-refractivity contribution < 1.29 is 0 Å². The maximum Gasteiger partial charge on any atom is 0.0925 e. The Bertz CT molecular complexity index is 351. The lowest BCUT2D eigenvalue weighted by atomic mass is 10.0. The molecule has 76 valence electrons. The molecule has 0 saturated carbocycles. The maximum atomic E-state index is 5.67. The van der Waals surface area contributed by atoms with Crippen LogP contribution in [0.4, 0.5) is 0 Å². The van der Waals surface area contributed by atoms with E-state index in [1.807, 2.05) is 17.9 Å². The quantitative estimate of drug-likeness (QED) is 0.706. The molecular weight excluding hydrogens is 176 g/mol. The van der Waals surface area contributed by atoms with Gasteiger partial charge in [-0.05, 0) is 18.5 Å². The molecule has 0 unspecified atom stereocenters. The molecule has 1 aromatic heterocycles. The second-order valence-electron chi connectivity index (χ2n) is 3.56. The fourth-order valence-electron chi connectivity index (χ4n) is 1.79. The molecule has 0 amide bonds. The van der Waals surface area contributed by atoms with Gasteiger partial charge in [-0.2, -0.15) is 5.10 Å². The number of aryl methyl sites for hydroxylation is 1. The molecular formula is C10H16N4. The molecule has 0 bridgehead atoms. The van der Waals surface area contributed by atoms with E-state index in [9.17, 15) is 0 Å². The van der Waals surface area contributed by atoms with Gasteiger partial charge in [0.15, 0.2) is 0 Å². The Kier molecular flexibility index (Phi) is 2.65. The molecule has 2 rings (SSSR count). The Morgan fingerprint density at radius 3 is 3.14 bits per heavy atom. The normalized spacial score (nSPS) is 16.9. The average molecular weight is 192 g/mol. The molecule has 2 heterocycles. The third-order valence-corrected chi connectivity index (χ3v) is 2.49. The van der Waals surface area contributed by atoms with Crippen LogP contribution in [0.1, 0.15) is 17.7 Å². The Balaban J connectivity index is 2.33. The SMILES string of the molecule is Cn1cc(CN)c(C2=CCNCC2)n1. The second-order valence-corrected chi connectivity index (χ2v) is 3.56. The van der Waals surface area contributed by atoms with E-state index in [1.54, 1.807) is 0 Å². The van der Waals surface area contributed by atoms with Crippen LogP contribution in [-0.4, -0.2) is 22.9 Å². The van der Waals surface area contributed by atoms with Crippen LogP contribution < -0.4 is 11.1 Å². The van der Waals surface area contributed by atoms with E-state index < -0.39 is 0 Å². The number of rotatable bonds is 2. The largest absolute Gasteiger partial charge is 0.326 e. The summed E-state index contributed by atoms with van der Waals surface area (Å²) < 4.78 is 1.83. The van der Waals surface area contributed by atoms with Gasteiger partial charge in [-0.15, -0.1) is 0 Å². The number of hydrogen-bond acceptors (Lipinski definition) is 3. The van der Waals surface area contributed by atoms with Gasteiger partial charge in [-0.3, -0.25) is 4.68 Å². The summed E-state index contributed by atoms with van der Waals surface area (Å²) in [5.74, 6) is 0. The number of hydrogen-bond donors (Lipinski definition) is 2. The van der Waals surface area contributed by atoms with Crippen LogP contribution in [0.2, 0.25) is 0 Å². The topological polar surface area (TPSA) is 55.9 Å². The van der Waals surface area contributed by atoms with Gasteiger partial charge >= 0.3 is 0 Å². The molecule has 4 heteroatoms. The Morgan fingerprint density at radius 1 is 1.64 bits per heavy atom. The molecule has 1 aliphatic heterocycles. The first-order chi connectivity index (χ1) is 6.81. The van der Waals surface area contributed by atoms with Crippen LogP contribution in [0.3, 0.4) is 0 Å². The van der Waals surface area contributed by atoms with Crippen LogP contribution in [-0.2, 0) is 13.6 Å². The Hall–Kier alpha value is -1.13. The summed E-state index contributed by atoms with van der Waals surface area (Å²) in [5.41, 5.74) is 9.22. The summed E-state index contributed by atoms with van der Waals surface area (Å²) in [5, 5.41) is 7.73. The van der Waals surface area contributed by atoms with Gasteiger partial charge in [0.25, 0.3) is 0 Å². The average Bonchev–Trinajstić information content (AvgIpc) is 2.61. The summed E-state index contributed by atoms with van der Waals surface area (Å²) in [6.45, 7) is 2.54. The molecule has 0 radical (unpaired) electrons. The van der Waals surface area contributed by atoms with E-state index in [-0.39, 0.29) is 0 Å². The van der Waals surface area contributed by atoms with Crippen LogP contribution in [0.15, 0.2) is 12.3 Å². The number of nitrogens with two attached hydrogens (primary N) is 1. The Morgan fingerprint density at radius 2 is 2.50 bits per heavy atom. The minimum Gasteiger partial charge on any atom is -0.326 e. The second kappa shape index (κ2) is 3.94. The first kappa shape index (κ1) is 9.43. The van der Waals surface area contributed by atoms with Crippen molar-refractivity contribution in [1.82, 2.24) is 15.1 Å². The van der Waals surface area contributed by atoms with Crippen molar-refractivity contribution in [3.05, 3.63) is 23.5 Å². The standard InChI is InChI=1S/C10H16N4/c1-14-7-9(6-11)10(13-14)8-2-4-12-5-3-8/h2,7,12H,3-6,11H2,1H3. The third-order valence-electron chi connectivity index (χ3n) is 2.49. The zero-order valence-electron chi connectivity index (χ0n) is 8.45. The van der Waals surface area contributed by atoms with Gasteiger partial charge in [-0.1, -0.05) is 6.08 Å². The van der Waals surface area contributed by atoms with E-state index in [4.69, 9.17) is 5.73 Å². The highest BCUT2D eigenvalue weighted by molar-refractivity contribution is 5.66. The molecule has 1 aromatic rings. The molecule has 0 atom stereocenters. The van der Waals surface area contributed by atoms with Gasteiger partial charge in [0.05, 0.1) is 5.69 Å². The van der Waals surface area contributed by atoms with Gasteiger partial charge < -0.3 is 11.1 Å². The summed E-state index contributed by atoms with van der Waals surface area (Å²) in [6.07, 6.45) is 5.24. The summed E-state index contributed by atoms with van der Waals surface area (Å²) in [7, 11) is 1.93. The smallest absolute Gasteiger partial charge is 0.0925 e. The molecule has 0 spiro atoms. The molecule has 1 aliphatic rings. The molecule has 3 N–H and O–H groups in total. The van der Waals surface area contributed by atoms with Crippen LogP contribution in [0.25, 0.3) is 5.57 Å². The van der Waals surface area contributed by atoms with Gasteiger partial charge in [0.2, 0.25) is 0 Å². The van der Waals surface area contributed by atoms with E-state index in [1.165, 1.54) is 5.57 Å². The van der Waals surface area contributed by atoms with Crippen molar-refractivity contribution in [1.29, 1.82) is 0 Å². The van der Waals surface area contributed by atoms with Crippen molar-refractivity contribution in [2.45, 2.75) is 13.0 Å². The fraction of sp³-hybridized carbons (Fsp3) is 0.500. The lowest BCUT2D eigenvalue weighted by molar-refractivity contribution is 0.726. The summed E-state index contributed by atoms with van der Waals surface area (Å²) in [6, 6.07) is 0. The monoisotopic (exact) mass is 192 g/mol. The molecule has 4 nitrogen and oxygen atoms in total. The van der Waals surface area contributed by atoms with E-state index in [2.05, 4.69) is 16.5 Å². The lowest BCUT2D eigenvalue weighted by Gasteiger charge is -2.12. The van der Waals surface area contributed by atoms with Crippen LogP contribution >= 0.6 is 0 Å². The summed E-state index contributed by atoms with van der Waals surface area (Å²) >= 11 is 0. The highest BCUT2D eigenvalue weighted by Crippen LogP contribution is 2.21. The zero-order valence-corrected chi connectivity index (χ0v) is 8.45. The zero-order chi connectivity index (χ0) is 9.97. The van der Waals surface area contributed by atoms with Gasteiger partial charge in [0.1, 0.15) is 0 Å². The van der Waals surface area contributed by atoms with Crippen molar-refractivity contribution in [2.24, 2.45) is 12.8 Å². The predicted molar refractivity (Wildman–Crippen MR) is 56.6 cm³/mol. The van der Waals surface area contributed by atoms with Gasteiger partial charge in [-0.25, -0.2) is 0 Å². The fourth-order valence-corrected chi connectivity index (χ4v) is 1.79. The van der Waals surface area contributed by atoms with Crippen LogP contribution in [0, 0.1) is 0 Å². The summed E-state index contributed by atoms with van der Waals surface area (Å²) in [4.78, 5) is 0. The molecule has 0 saturated heterocycles. The highest BCUT2D eigenvalue weighted by Gasteiger charge is 2.12. The maximum absolute atomic E-state index is 5.67. The minimum atomic E-state index is 0.563. The molecule has 14 heavy (non-hydrogen) atoms. The molecule has 0 aliphatic carbocycles. The number of aromatic nitrogens is 2. The van der Waals surface area contributed by atoms with Gasteiger partial charge in [0, 0.05) is 31.9 Å². The van der Waals surface area contributed by atoms with Crippen molar-refractivity contribution in [3.63, 3.8) is 0 Å². The third kappa shape index (κ3) is 1.71. The molecule has 0 fully saturated rings.